The van der Waals surface area contributed by atoms with Crippen LogP contribution < -0.4 is 15.8 Å². The van der Waals surface area contributed by atoms with Crippen LogP contribution in [0, 0.1) is 0 Å². The average Bonchev–Trinajstić information content (AvgIpc) is 2.92. The molecule has 0 bridgehead atoms. The van der Waals surface area contributed by atoms with Crippen LogP contribution in [0.4, 0.5) is 5.69 Å². The number of thiophene rings is 1. The predicted octanol–water partition coefficient (Wildman–Crippen LogP) is 2.11. The number of ether oxygens (including phenoxy) is 1. The minimum Gasteiger partial charge on any atom is -0.496 e. The quantitative estimate of drug-likeness (QED) is 0.897. The Morgan fingerprint density at radius 2 is 2.05 bits per heavy atom. The largest absolute Gasteiger partial charge is 0.496 e. The van der Waals surface area contributed by atoms with Crippen LogP contribution in [-0.2, 0) is 0 Å². The second-order valence-corrected chi connectivity index (χ2v) is 4.63. The smallest absolute Gasteiger partial charge is 0.265 e. The summed E-state index contributed by atoms with van der Waals surface area (Å²) in [5.41, 5.74) is 5.82. The molecule has 0 atom stereocenters. The van der Waals surface area contributed by atoms with E-state index in [0.29, 0.717) is 16.3 Å². The molecule has 0 fully saturated rings. The highest BCUT2D eigenvalue weighted by Gasteiger charge is 2.17. The number of benzene rings is 1. The summed E-state index contributed by atoms with van der Waals surface area (Å²) in [4.78, 5) is 24.0. The maximum Gasteiger partial charge on any atom is 0.265 e. The Kier molecular flexibility index (Phi) is 3.82. The van der Waals surface area contributed by atoms with Gasteiger partial charge in [-0.15, -0.1) is 11.3 Å². The van der Waals surface area contributed by atoms with Gasteiger partial charge < -0.3 is 15.8 Å². The molecule has 0 aliphatic carbocycles. The fourth-order valence-corrected chi connectivity index (χ4v) is 2.27. The Morgan fingerprint density at radius 3 is 2.63 bits per heavy atom. The van der Waals surface area contributed by atoms with Crippen LogP contribution >= 0.6 is 11.3 Å². The van der Waals surface area contributed by atoms with Gasteiger partial charge in [-0.25, -0.2) is 0 Å². The number of hydrogen-bond donors (Lipinski definition) is 2. The van der Waals surface area contributed by atoms with Gasteiger partial charge in [0.1, 0.15) is 11.3 Å². The summed E-state index contributed by atoms with van der Waals surface area (Å²) in [7, 11) is 1.44. The second kappa shape index (κ2) is 5.53. The molecule has 3 N–H and O–H groups in total. The molecule has 1 heterocycles. The molecular formula is C13H12N2O3S. The van der Waals surface area contributed by atoms with Gasteiger partial charge in [0.2, 0.25) is 0 Å². The number of anilines is 1. The fraction of sp³-hybridized carbons (Fsp3) is 0.0769. The van der Waals surface area contributed by atoms with Crippen LogP contribution in [0.5, 0.6) is 5.75 Å². The van der Waals surface area contributed by atoms with Gasteiger partial charge >= 0.3 is 0 Å². The van der Waals surface area contributed by atoms with E-state index in [1.807, 2.05) is 0 Å². The molecule has 0 radical (unpaired) electrons. The van der Waals surface area contributed by atoms with Gasteiger partial charge in [0.15, 0.2) is 0 Å². The zero-order chi connectivity index (χ0) is 13.8. The molecule has 19 heavy (non-hydrogen) atoms. The molecule has 2 aromatic rings. The first-order valence-corrected chi connectivity index (χ1v) is 6.33. The molecule has 0 aliphatic heterocycles. The third-order valence-corrected chi connectivity index (χ3v) is 3.35. The minimum atomic E-state index is -0.654. The molecule has 0 saturated carbocycles. The number of methoxy groups -OCH3 is 1. The highest BCUT2D eigenvalue weighted by molar-refractivity contribution is 7.12. The van der Waals surface area contributed by atoms with Crippen LogP contribution in [0.1, 0.15) is 20.0 Å². The summed E-state index contributed by atoms with van der Waals surface area (Å²) in [5.74, 6) is -0.610. The number of rotatable bonds is 4. The van der Waals surface area contributed by atoms with Gasteiger partial charge in [0.25, 0.3) is 11.8 Å². The summed E-state index contributed by atoms with van der Waals surface area (Å²) in [5, 5.41) is 4.46. The summed E-state index contributed by atoms with van der Waals surface area (Å²) < 4.78 is 5.07. The van der Waals surface area contributed by atoms with Crippen LogP contribution in [0.2, 0.25) is 0 Å². The van der Waals surface area contributed by atoms with Crippen molar-refractivity contribution in [3.05, 3.63) is 46.2 Å². The highest BCUT2D eigenvalue weighted by Crippen LogP contribution is 2.26. The highest BCUT2D eigenvalue weighted by atomic mass is 32.1. The van der Waals surface area contributed by atoms with E-state index in [9.17, 15) is 9.59 Å². The minimum absolute atomic E-state index is 0.162. The third-order valence-electron chi connectivity index (χ3n) is 2.49. The van der Waals surface area contributed by atoms with E-state index in [4.69, 9.17) is 10.5 Å². The Hall–Kier alpha value is -2.34. The summed E-state index contributed by atoms with van der Waals surface area (Å²) in [6.07, 6.45) is 0. The van der Waals surface area contributed by atoms with Crippen molar-refractivity contribution in [2.45, 2.75) is 0 Å². The predicted molar refractivity (Wildman–Crippen MR) is 73.8 cm³/mol. The average molecular weight is 276 g/mol. The van der Waals surface area contributed by atoms with E-state index in [0.717, 1.165) is 0 Å². The SMILES string of the molecule is COc1cccc(NC(=O)c2cccs2)c1C(N)=O. The lowest BCUT2D eigenvalue weighted by Gasteiger charge is -2.11. The lowest BCUT2D eigenvalue weighted by molar-refractivity contribution is 0.0998. The van der Waals surface area contributed by atoms with E-state index in [-0.39, 0.29) is 11.5 Å². The molecule has 0 unspecified atom stereocenters. The van der Waals surface area contributed by atoms with Crippen molar-refractivity contribution in [3.63, 3.8) is 0 Å². The molecule has 0 saturated heterocycles. The monoisotopic (exact) mass is 276 g/mol. The zero-order valence-corrected chi connectivity index (χ0v) is 11.0. The van der Waals surface area contributed by atoms with E-state index in [1.165, 1.54) is 18.4 Å². The topological polar surface area (TPSA) is 81.4 Å². The Labute approximate surface area is 114 Å². The number of carbonyl (C=O) groups excluding carboxylic acids is 2. The molecule has 2 amide bonds. The van der Waals surface area contributed by atoms with Crippen molar-refractivity contribution in [2.75, 3.05) is 12.4 Å². The van der Waals surface area contributed by atoms with Crippen molar-refractivity contribution in [1.29, 1.82) is 0 Å². The second-order valence-electron chi connectivity index (χ2n) is 3.68. The number of carbonyl (C=O) groups is 2. The summed E-state index contributed by atoms with van der Waals surface area (Å²) >= 11 is 1.32. The first-order chi connectivity index (χ1) is 9.13. The van der Waals surface area contributed by atoms with Crippen molar-refractivity contribution < 1.29 is 14.3 Å². The van der Waals surface area contributed by atoms with Gasteiger partial charge in [-0.1, -0.05) is 12.1 Å². The van der Waals surface area contributed by atoms with Crippen molar-refractivity contribution in [2.24, 2.45) is 5.73 Å². The Balaban J connectivity index is 2.35. The molecule has 2 rings (SSSR count). The van der Waals surface area contributed by atoms with Crippen LogP contribution in [0.3, 0.4) is 0 Å². The van der Waals surface area contributed by atoms with E-state index >= 15 is 0 Å². The Morgan fingerprint density at radius 1 is 1.26 bits per heavy atom. The number of hydrogen-bond acceptors (Lipinski definition) is 4. The first-order valence-electron chi connectivity index (χ1n) is 5.45. The standard InChI is InChI=1S/C13H12N2O3S/c1-18-9-5-2-4-8(11(9)12(14)16)15-13(17)10-6-3-7-19-10/h2-7H,1H3,(H2,14,16)(H,15,17). The van der Waals surface area contributed by atoms with Crippen LogP contribution in [0.15, 0.2) is 35.7 Å². The first kappa shape index (κ1) is 13.1. The molecule has 0 aliphatic rings. The number of nitrogens with two attached hydrogens (primary N) is 1. The van der Waals surface area contributed by atoms with E-state index < -0.39 is 5.91 Å². The van der Waals surface area contributed by atoms with Gasteiger partial charge in [0.05, 0.1) is 17.7 Å². The number of primary amides is 1. The van der Waals surface area contributed by atoms with E-state index in [1.54, 1.807) is 35.7 Å². The molecule has 5 nitrogen and oxygen atoms in total. The van der Waals surface area contributed by atoms with Crippen molar-refractivity contribution in [1.82, 2.24) is 0 Å². The van der Waals surface area contributed by atoms with Crippen LogP contribution in [-0.4, -0.2) is 18.9 Å². The summed E-state index contributed by atoms with van der Waals surface area (Å²) in [6, 6.07) is 8.37. The van der Waals surface area contributed by atoms with Crippen LogP contribution in [0.25, 0.3) is 0 Å². The molecular weight excluding hydrogens is 264 g/mol. The van der Waals surface area contributed by atoms with Gasteiger partial charge in [-0.2, -0.15) is 0 Å². The number of nitrogens with one attached hydrogen (secondary N) is 1. The Bertz CT molecular complexity index is 608. The lowest BCUT2D eigenvalue weighted by Crippen LogP contribution is -2.18. The lowest BCUT2D eigenvalue weighted by atomic mass is 10.1. The van der Waals surface area contributed by atoms with Gasteiger partial charge in [-0.05, 0) is 23.6 Å². The van der Waals surface area contributed by atoms with Gasteiger partial charge in [0, 0.05) is 0 Å². The maximum atomic E-state index is 12.0. The zero-order valence-electron chi connectivity index (χ0n) is 10.2. The van der Waals surface area contributed by atoms with Gasteiger partial charge in [-0.3, -0.25) is 9.59 Å². The van der Waals surface area contributed by atoms with Crippen molar-refractivity contribution in [3.8, 4) is 5.75 Å². The maximum absolute atomic E-state index is 12.0. The molecule has 6 heteroatoms. The molecule has 0 spiro atoms. The fourth-order valence-electron chi connectivity index (χ4n) is 1.65. The molecule has 98 valence electrons. The van der Waals surface area contributed by atoms with Crippen molar-refractivity contribution >= 4 is 28.8 Å². The summed E-state index contributed by atoms with van der Waals surface area (Å²) in [6.45, 7) is 0. The normalized spacial score (nSPS) is 9.95. The molecule has 1 aromatic carbocycles. The number of amides is 2. The third kappa shape index (κ3) is 2.74. The molecule has 1 aromatic heterocycles. The van der Waals surface area contributed by atoms with E-state index in [2.05, 4.69) is 5.32 Å².